The van der Waals surface area contributed by atoms with Gasteiger partial charge in [-0.15, -0.1) is 0 Å². The summed E-state index contributed by atoms with van der Waals surface area (Å²) in [6, 6.07) is 11.1. The zero-order chi connectivity index (χ0) is 31.5. The smallest absolute Gasteiger partial charge is 0.308 e. The number of carbonyl (C=O) groups excluding carboxylic acids is 3. The van der Waals surface area contributed by atoms with Gasteiger partial charge < -0.3 is 19.5 Å². The molecule has 5 aliphatic rings. The van der Waals surface area contributed by atoms with Crippen molar-refractivity contribution in [1.82, 2.24) is 9.80 Å². The van der Waals surface area contributed by atoms with Crippen LogP contribution in [0.4, 0.5) is 0 Å². The summed E-state index contributed by atoms with van der Waals surface area (Å²) in [7, 11) is 0. The third-order valence-corrected chi connectivity index (χ3v) is 11.3. The van der Waals surface area contributed by atoms with Crippen LogP contribution in [-0.4, -0.2) is 69.9 Å². The zero-order valence-electron chi connectivity index (χ0n) is 26.8. The van der Waals surface area contributed by atoms with Crippen LogP contribution in [-0.2, 0) is 21.4 Å². The quantitative estimate of drug-likeness (QED) is 0.148. The fourth-order valence-corrected chi connectivity index (χ4v) is 9.34. The average Bonchev–Trinajstić information content (AvgIpc) is 3.76. The lowest BCUT2D eigenvalue weighted by Crippen LogP contribution is -2.69. The molecule has 1 N–H and O–H groups in total. The molecule has 0 radical (unpaired) electrons. The van der Waals surface area contributed by atoms with Crippen molar-refractivity contribution in [2.75, 3.05) is 13.1 Å². The van der Waals surface area contributed by atoms with Gasteiger partial charge in [0.15, 0.2) is 17.3 Å². The number of aromatic hydroxyl groups is 1. The van der Waals surface area contributed by atoms with E-state index in [-0.39, 0.29) is 46.8 Å². The second-order valence-corrected chi connectivity index (χ2v) is 14.4. The highest BCUT2D eigenvalue weighted by atomic mass is 16.6. The molecule has 1 saturated heterocycles. The number of esters is 1. The molecule has 2 aromatic rings. The summed E-state index contributed by atoms with van der Waals surface area (Å²) in [5.74, 6) is 1.93. The molecular formula is C37H46N2O6. The fraction of sp³-hybridized carbons (Fsp3) is 0.595. The SMILES string of the molecule is CC(=O)Oc1cc(O)c2c3c1O[C@H]1[C@@H](N(C(=O)CCCCC(=O)c4ccccc4)C(C)C)CC[C@H]4[C@@H](C2)N(CC2CC2)CC[C@@]341. The molecule has 8 nitrogen and oxygen atoms in total. The van der Waals surface area contributed by atoms with Gasteiger partial charge in [0.25, 0.3) is 0 Å². The Morgan fingerprint density at radius 1 is 1.09 bits per heavy atom. The van der Waals surface area contributed by atoms with Crippen molar-refractivity contribution in [2.24, 2.45) is 11.8 Å². The summed E-state index contributed by atoms with van der Waals surface area (Å²) in [6.45, 7) is 7.60. The van der Waals surface area contributed by atoms with Gasteiger partial charge in [-0.1, -0.05) is 30.3 Å². The third kappa shape index (κ3) is 5.23. The summed E-state index contributed by atoms with van der Waals surface area (Å²) in [4.78, 5) is 43.5. The highest BCUT2D eigenvalue weighted by Gasteiger charge is 2.67. The summed E-state index contributed by atoms with van der Waals surface area (Å²) >= 11 is 0. The maximum atomic E-state index is 14.0. The summed E-state index contributed by atoms with van der Waals surface area (Å²) < 4.78 is 12.6. The molecule has 2 aromatic carbocycles. The summed E-state index contributed by atoms with van der Waals surface area (Å²) in [5.41, 5.74) is 2.32. The Kier molecular flexibility index (Phi) is 7.91. The van der Waals surface area contributed by atoms with Gasteiger partial charge in [0, 0.05) is 66.6 Å². The normalized spacial score (nSPS) is 27.9. The number of rotatable bonds is 11. The van der Waals surface area contributed by atoms with E-state index in [0.717, 1.165) is 55.8 Å². The molecule has 2 aliphatic heterocycles. The minimum absolute atomic E-state index is 0.0242. The molecule has 7 rings (SSSR count). The molecule has 5 atom stereocenters. The Labute approximate surface area is 266 Å². The molecule has 3 fully saturated rings. The van der Waals surface area contributed by atoms with Gasteiger partial charge in [0.1, 0.15) is 11.9 Å². The van der Waals surface area contributed by atoms with E-state index in [2.05, 4.69) is 18.7 Å². The minimum atomic E-state index is -0.452. The van der Waals surface area contributed by atoms with Crippen LogP contribution in [0.5, 0.6) is 17.2 Å². The topological polar surface area (TPSA) is 96.4 Å². The van der Waals surface area contributed by atoms with Crippen LogP contribution in [0, 0.1) is 11.8 Å². The van der Waals surface area contributed by atoms with E-state index in [1.165, 1.54) is 19.8 Å². The Bertz CT molecular complexity index is 1490. The van der Waals surface area contributed by atoms with Crippen LogP contribution in [0.1, 0.15) is 100 Å². The zero-order valence-corrected chi connectivity index (χ0v) is 26.8. The van der Waals surface area contributed by atoms with Crippen molar-refractivity contribution < 1.29 is 29.0 Å². The van der Waals surface area contributed by atoms with E-state index >= 15 is 0 Å². The predicted molar refractivity (Wildman–Crippen MR) is 170 cm³/mol. The van der Waals surface area contributed by atoms with Gasteiger partial charge in [-0.05, 0) is 83.6 Å². The number of unbranched alkanes of at least 4 members (excludes halogenated alkanes) is 1. The Balaban J connectivity index is 1.16. The number of phenols is 1. The molecule has 0 aromatic heterocycles. The maximum absolute atomic E-state index is 14.0. The first-order valence-electron chi connectivity index (χ1n) is 17.1. The first kappa shape index (κ1) is 30.3. The van der Waals surface area contributed by atoms with Crippen molar-refractivity contribution in [2.45, 2.75) is 115 Å². The molecule has 1 amide bonds. The van der Waals surface area contributed by atoms with Gasteiger partial charge in [-0.2, -0.15) is 0 Å². The highest BCUT2D eigenvalue weighted by Crippen LogP contribution is 2.66. The lowest BCUT2D eigenvalue weighted by molar-refractivity contribution is -0.146. The van der Waals surface area contributed by atoms with Crippen LogP contribution < -0.4 is 9.47 Å². The number of ether oxygens (including phenoxy) is 2. The first-order valence-corrected chi connectivity index (χ1v) is 17.1. The van der Waals surface area contributed by atoms with Crippen molar-refractivity contribution >= 4 is 17.7 Å². The number of hydrogen-bond donors (Lipinski definition) is 1. The van der Waals surface area contributed by atoms with E-state index in [4.69, 9.17) is 9.47 Å². The number of hydrogen-bond acceptors (Lipinski definition) is 7. The van der Waals surface area contributed by atoms with Crippen LogP contribution in [0.15, 0.2) is 36.4 Å². The molecule has 3 aliphatic carbocycles. The maximum Gasteiger partial charge on any atom is 0.308 e. The largest absolute Gasteiger partial charge is 0.508 e. The molecule has 2 heterocycles. The van der Waals surface area contributed by atoms with E-state index in [9.17, 15) is 19.5 Å². The first-order chi connectivity index (χ1) is 21.7. The number of Topliss-reactive ketones (excluding diaryl/α,β-unsaturated/α-hetero) is 1. The van der Waals surface area contributed by atoms with Crippen LogP contribution in [0.3, 0.4) is 0 Å². The van der Waals surface area contributed by atoms with E-state index in [0.29, 0.717) is 49.0 Å². The summed E-state index contributed by atoms with van der Waals surface area (Å²) in [6.07, 6.45) is 7.95. The number of benzene rings is 2. The summed E-state index contributed by atoms with van der Waals surface area (Å²) in [5, 5.41) is 11.3. The minimum Gasteiger partial charge on any atom is -0.508 e. The van der Waals surface area contributed by atoms with E-state index < -0.39 is 5.97 Å². The highest BCUT2D eigenvalue weighted by molar-refractivity contribution is 5.96. The monoisotopic (exact) mass is 614 g/mol. The van der Waals surface area contributed by atoms with Crippen LogP contribution >= 0.6 is 0 Å². The fourth-order valence-electron chi connectivity index (χ4n) is 9.34. The molecule has 240 valence electrons. The second-order valence-electron chi connectivity index (χ2n) is 14.4. The number of piperidine rings is 1. The lowest BCUT2D eigenvalue weighted by atomic mass is 9.50. The number of likely N-dealkylation sites (tertiary alicyclic amines) is 1. The van der Waals surface area contributed by atoms with E-state index in [1.54, 1.807) is 6.07 Å². The number of carbonyl (C=O) groups is 3. The van der Waals surface area contributed by atoms with Gasteiger partial charge in [0.05, 0.1) is 6.04 Å². The van der Waals surface area contributed by atoms with Crippen molar-refractivity contribution in [3.63, 3.8) is 0 Å². The van der Waals surface area contributed by atoms with Crippen molar-refractivity contribution in [3.05, 3.63) is 53.1 Å². The van der Waals surface area contributed by atoms with Gasteiger partial charge in [-0.3, -0.25) is 19.3 Å². The Hall–Kier alpha value is -3.39. The van der Waals surface area contributed by atoms with Gasteiger partial charge in [-0.25, -0.2) is 0 Å². The van der Waals surface area contributed by atoms with Crippen molar-refractivity contribution in [3.8, 4) is 17.2 Å². The molecule has 0 unspecified atom stereocenters. The number of amides is 1. The van der Waals surface area contributed by atoms with Crippen LogP contribution in [0.25, 0.3) is 0 Å². The number of ketones is 1. The molecular weight excluding hydrogens is 568 g/mol. The van der Waals surface area contributed by atoms with E-state index in [1.807, 2.05) is 35.2 Å². The molecule has 45 heavy (non-hydrogen) atoms. The molecule has 8 heteroatoms. The van der Waals surface area contributed by atoms with Crippen LogP contribution in [0.2, 0.25) is 0 Å². The molecule has 2 saturated carbocycles. The third-order valence-electron chi connectivity index (χ3n) is 11.3. The second kappa shape index (κ2) is 11.8. The predicted octanol–water partition coefficient (Wildman–Crippen LogP) is 5.82. The Morgan fingerprint density at radius 3 is 2.56 bits per heavy atom. The van der Waals surface area contributed by atoms with Gasteiger partial charge >= 0.3 is 5.97 Å². The molecule has 1 spiro atoms. The lowest BCUT2D eigenvalue weighted by Gasteiger charge is -2.61. The number of nitrogens with zero attached hydrogens (tertiary/aromatic N) is 2. The Morgan fingerprint density at radius 2 is 1.84 bits per heavy atom. The molecule has 2 bridgehead atoms. The standard InChI is InChI=1S/C37H46N2O6/c1-22(2)39(33(43)12-8-7-11-30(41)25-9-5-4-6-10-25)28-16-15-27-29-19-26-31(42)20-32(44-23(3)40)35-34(26)37(27,36(28)45-35)17-18-38(29)21-24-13-14-24/h4-6,9-10,20,22,24,27-29,36,42H,7-8,11-19,21H2,1-3H3/t27-,28-,29+,36-,37-/m0/s1. The van der Waals surface area contributed by atoms with Gasteiger partial charge in [0.2, 0.25) is 5.91 Å². The average molecular weight is 615 g/mol. The van der Waals surface area contributed by atoms with Crippen molar-refractivity contribution in [1.29, 1.82) is 0 Å². The number of phenolic OH excluding ortho intramolecular Hbond substituents is 1.